The van der Waals surface area contributed by atoms with Gasteiger partial charge in [0.05, 0.1) is 13.2 Å². The molecule has 3 N–H and O–H groups in total. The Balaban J connectivity index is 2.56. The van der Waals surface area contributed by atoms with Crippen LogP contribution in [-0.2, 0) is 11.4 Å². The summed E-state index contributed by atoms with van der Waals surface area (Å²) in [5.74, 6) is 0.590. The van der Waals surface area contributed by atoms with Crippen molar-refractivity contribution in [1.82, 2.24) is 5.32 Å². The number of aliphatic hydroxyl groups excluding tert-OH is 1. The Morgan fingerprint density at radius 1 is 1.33 bits per heavy atom. The van der Waals surface area contributed by atoms with E-state index in [-0.39, 0.29) is 18.1 Å². The number of carbonyl (C=O) groups is 1. The van der Waals surface area contributed by atoms with E-state index in [4.69, 9.17) is 4.74 Å². The number of hydrogen-bond donors (Lipinski definition) is 3. The summed E-state index contributed by atoms with van der Waals surface area (Å²) in [6.45, 7) is 9.11. The van der Waals surface area contributed by atoms with Gasteiger partial charge in [-0.3, -0.25) is 4.79 Å². The molecule has 0 heterocycles. The van der Waals surface area contributed by atoms with Gasteiger partial charge in [-0.2, -0.15) is 0 Å². The first kappa shape index (κ1) is 17.5. The third-order valence-electron chi connectivity index (χ3n) is 2.82. The molecule has 118 valence electrons. The summed E-state index contributed by atoms with van der Waals surface area (Å²) in [6.07, 6.45) is 0.402. The van der Waals surface area contributed by atoms with Gasteiger partial charge in [0, 0.05) is 29.8 Å². The molecule has 0 aromatic heterocycles. The first-order valence-electron chi connectivity index (χ1n) is 7.27. The average Bonchev–Trinajstić information content (AvgIpc) is 2.39. The van der Waals surface area contributed by atoms with Crippen molar-refractivity contribution in [1.29, 1.82) is 0 Å². The first-order valence-corrected chi connectivity index (χ1v) is 7.27. The third kappa shape index (κ3) is 6.60. The van der Waals surface area contributed by atoms with Crippen LogP contribution in [0.15, 0.2) is 18.2 Å². The maximum Gasteiger partial charge on any atom is 0.225 e. The van der Waals surface area contributed by atoms with E-state index in [0.29, 0.717) is 36.6 Å². The lowest BCUT2D eigenvalue weighted by Crippen LogP contribution is -2.37. The lowest BCUT2D eigenvalue weighted by Gasteiger charge is -2.20. The van der Waals surface area contributed by atoms with Gasteiger partial charge in [0.15, 0.2) is 0 Å². The van der Waals surface area contributed by atoms with Crippen LogP contribution in [-0.4, -0.2) is 29.7 Å². The Morgan fingerprint density at radius 3 is 2.62 bits per heavy atom. The van der Waals surface area contributed by atoms with Gasteiger partial charge in [-0.15, -0.1) is 0 Å². The number of aliphatic hydroxyl groups is 1. The minimum Gasteiger partial charge on any atom is -0.494 e. The molecule has 1 amide bonds. The minimum absolute atomic E-state index is 0.00345. The molecule has 0 unspecified atom stereocenters. The third-order valence-corrected chi connectivity index (χ3v) is 2.82. The monoisotopic (exact) mass is 294 g/mol. The molecule has 0 aliphatic rings. The highest BCUT2D eigenvalue weighted by molar-refractivity contribution is 5.91. The number of nitrogens with one attached hydrogen (secondary N) is 2. The summed E-state index contributed by atoms with van der Waals surface area (Å²) < 4.78 is 5.41. The predicted molar refractivity (Wildman–Crippen MR) is 84.5 cm³/mol. The van der Waals surface area contributed by atoms with E-state index in [1.54, 1.807) is 18.2 Å². The SMILES string of the molecule is CCOc1ccc(NC(=O)CCNC(C)(C)C)cc1CO. The quantitative estimate of drug-likeness (QED) is 0.721. The van der Waals surface area contributed by atoms with Gasteiger partial charge in [-0.1, -0.05) is 0 Å². The van der Waals surface area contributed by atoms with Crippen LogP contribution < -0.4 is 15.4 Å². The van der Waals surface area contributed by atoms with Gasteiger partial charge in [-0.05, 0) is 45.9 Å². The molecule has 21 heavy (non-hydrogen) atoms. The standard InChI is InChI=1S/C16H26N2O3/c1-5-21-14-7-6-13(10-12(14)11-19)18-15(20)8-9-17-16(2,3)4/h6-7,10,17,19H,5,8-9,11H2,1-4H3,(H,18,20). The van der Waals surface area contributed by atoms with Gasteiger partial charge in [-0.25, -0.2) is 0 Å². The van der Waals surface area contributed by atoms with E-state index >= 15 is 0 Å². The maximum absolute atomic E-state index is 11.9. The molecule has 0 atom stereocenters. The largest absolute Gasteiger partial charge is 0.494 e. The summed E-state index contributed by atoms with van der Waals surface area (Å²) in [5, 5.41) is 15.4. The van der Waals surface area contributed by atoms with Gasteiger partial charge in [0.25, 0.3) is 0 Å². The van der Waals surface area contributed by atoms with Crippen LogP contribution in [0.1, 0.15) is 39.7 Å². The van der Waals surface area contributed by atoms with E-state index in [1.807, 2.05) is 6.92 Å². The normalized spacial score (nSPS) is 11.3. The maximum atomic E-state index is 11.9. The van der Waals surface area contributed by atoms with E-state index in [1.165, 1.54) is 0 Å². The molecule has 1 aromatic carbocycles. The molecule has 5 nitrogen and oxygen atoms in total. The van der Waals surface area contributed by atoms with E-state index in [0.717, 1.165) is 0 Å². The number of carbonyl (C=O) groups excluding carboxylic acids is 1. The summed E-state index contributed by atoms with van der Waals surface area (Å²) in [6, 6.07) is 5.28. The zero-order valence-electron chi connectivity index (χ0n) is 13.3. The second kappa shape index (κ2) is 8.00. The lowest BCUT2D eigenvalue weighted by atomic mass is 10.1. The Bertz CT molecular complexity index is 467. The number of rotatable bonds is 7. The van der Waals surface area contributed by atoms with Crippen molar-refractivity contribution in [3.8, 4) is 5.75 Å². The fourth-order valence-electron chi connectivity index (χ4n) is 1.85. The zero-order valence-corrected chi connectivity index (χ0v) is 13.3. The molecule has 0 radical (unpaired) electrons. The van der Waals surface area contributed by atoms with Crippen molar-refractivity contribution in [2.24, 2.45) is 0 Å². The van der Waals surface area contributed by atoms with Crippen molar-refractivity contribution >= 4 is 11.6 Å². The average molecular weight is 294 g/mol. The van der Waals surface area contributed by atoms with Crippen molar-refractivity contribution in [2.75, 3.05) is 18.5 Å². The Morgan fingerprint density at radius 2 is 2.05 bits per heavy atom. The number of amides is 1. The van der Waals surface area contributed by atoms with Crippen LogP contribution in [0.5, 0.6) is 5.75 Å². The summed E-state index contributed by atoms with van der Waals surface area (Å²) in [4.78, 5) is 11.9. The smallest absolute Gasteiger partial charge is 0.225 e. The van der Waals surface area contributed by atoms with E-state index in [9.17, 15) is 9.90 Å². The van der Waals surface area contributed by atoms with Crippen LogP contribution in [0.2, 0.25) is 0 Å². The first-order chi connectivity index (χ1) is 9.85. The summed E-state index contributed by atoms with van der Waals surface area (Å²) in [7, 11) is 0. The zero-order chi connectivity index (χ0) is 15.9. The molecule has 0 fully saturated rings. The molecule has 0 spiro atoms. The molecule has 0 saturated heterocycles. The molecule has 0 aliphatic heterocycles. The minimum atomic E-state index is -0.120. The Kier molecular flexibility index (Phi) is 6.65. The molecule has 5 heteroatoms. The molecule has 0 bridgehead atoms. The van der Waals surface area contributed by atoms with Crippen LogP contribution >= 0.6 is 0 Å². The summed E-state index contributed by atoms with van der Waals surface area (Å²) >= 11 is 0. The van der Waals surface area contributed by atoms with Crippen LogP contribution in [0, 0.1) is 0 Å². The van der Waals surface area contributed by atoms with Crippen LogP contribution in [0.4, 0.5) is 5.69 Å². The molecule has 1 rings (SSSR count). The van der Waals surface area contributed by atoms with Gasteiger partial charge in [0.2, 0.25) is 5.91 Å². The second-order valence-electron chi connectivity index (χ2n) is 5.89. The lowest BCUT2D eigenvalue weighted by molar-refractivity contribution is -0.116. The van der Waals surface area contributed by atoms with E-state index < -0.39 is 0 Å². The number of benzene rings is 1. The highest BCUT2D eigenvalue weighted by atomic mass is 16.5. The fourth-order valence-corrected chi connectivity index (χ4v) is 1.85. The van der Waals surface area contributed by atoms with Gasteiger partial charge in [0.1, 0.15) is 5.75 Å². The molecule has 1 aromatic rings. The molecular formula is C16H26N2O3. The molecular weight excluding hydrogens is 268 g/mol. The van der Waals surface area contributed by atoms with Crippen LogP contribution in [0.25, 0.3) is 0 Å². The molecule has 0 aliphatic carbocycles. The number of hydrogen-bond acceptors (Lipinski definition) is 4. The van der Waals surface area contributed by atoms with Gasteiger partial charge < -0.3 is 20.5 Å². The number of ether oxygens (including phenoxy) is 1. The van der Waals surface area contributed by atoms with Crippen molar-refractivity contribution in [2.45, 2.75) is 46.3 Å². The van der Waals surface area contributed by atoms with Crippen molar-refractivity contribution < 1.29 is 14.6 Å². The Hall–Kier alpha value is -1.59. The summed E-state index contributed by atoms with van der Waals surface area (Å²) in [5.41, 5.74) is 1.34. The second-order valence-corrected chi connectivity index (χ2v) is 5.89. The highest BCUT2D eigenvalue weighted by Gasteiger charge is 2.10. The van der Waals surface area contributed by atoms with Crippen molar-refractivity contribution in [3.05, 3.63) is 23.8 Å². The van der Waals surface area contributed by atoms with Crippen LogP contribution in [0.3, 0.4) is 0 Å². The van der Waals surface area contributed by atoms with E-state index in [2.05, 4.69) is 31.4 Å². The molecule has 0 saturated carbocycles. The topological polar surface area (TPSA) is 70.6 Å². The Labute approximate surface area is 126 Å². The number of anilines is 1. The predicted octanol–water partition coefficient (Wildman–Crippen LogP) is 2.29. The van der Waals surface area contributed by atoms with Crippen molar-refractivity contribution in [3.63, 3.8) is 0 Å². The fraction of sp³-hybridized carbons (Fsp3) is 0.562. The van der Waals surface area contributed by atoms with Gasteiger partial charge >= 0.3 is 0 Å². The highest BCUT2D eigenvalue weighted by Crippen LogP contribution is 2.23.